The number of hydrogen-bond acceptors (Lipinski definition) is 6. The van der Waals surface area contributed by atoms with Gasteiger partial charge < -0.3 is 18.9 Å². The Morgan fingerprint density at radius 2 is 1.82 bits per heavy atom. The van der Waals surface area contributed by atoms with Crippen molar-refractivity contribution < 1.29 is 32.5 Å². The maximum Gasteiger partial charge on any atom is 0.387 e. The van der Waals surface area contributed by atoms with Crippen molar-refractivity contribution in [3.8, 4) is 23.0 Å². The molecule has 150 valence electrons. The Labute approximate surface area is 160 Å². The summed E-state index contributed by atoms with van der Waals surface area (Å²) in [5, 5.41) is 3.75. The zero-order valence-electron chi connectivity index (χ0n) is 15.4. The molecule has 1 amide bonds. The van der Waals surface area contributed by atoms with Gasteiger partial charge >= 0.3 is 6.61 Å². The highest BCUT2D eigenvalue weighted by molar-refractivity contribution is 5.86. The van der Waals surface area contributed by atoms with Crippen LogP contribution in [0.5, 0.6) is 23.0 Å². The summed E-state index contributed by atoms with van der Waals surface area (Å²) in [6.45, 7) is -1.35. The molecule has 0 radical (unpaired) electrons. The third-order valence-corrected chi connectivity index (χ3v) is 3.34. The zero-order chi connectivity index (χ0) is 20.4. The van der Waals surface area contributed by atoms with Crippen LogP contribution in [-0.2, 0) is 4.79 Å². The average molecular weight is 394 g/mol. The molecule has 0 fully saturated rings. The topological polar surface area (TPSA) is 78.4 Å². The van der Waals surface area contributed by atoms with Gasteiger partial charge in [-0.15, -0.1) is 0 Å². The van der Waals surface area contributed by atoms with Crippen molar-refractivity contribution in [1.29, 1.82) is 0 Å². The van der Waals surface area contributed by atoms with E-state index in [-0.39, 0.29) is 30.3 Å². The summed E-state index contributed by atoms with van der Waals surface area (Å²) in [5.41, 5.74) is 2.47. The van der Waals surface area contributed by atoms with Crippen LogP contribution in [0, 0.1) is 0 Å². The number of benzene rings is 2. The van der Waals surface area contributed by atoms with Crippen molar-refractivity contribution >= 4 is 12.1 Å². The van der Waals surface area contributed by atoms with E-state index in [1.54, 1.807) is 37.3 Å². The van der Waals surface area contributed by atoms with Gasteiger partial charge in [0.15, 0.2) is 29.6 Å². The highest BCUT2D eigenvalue weighted by atomic mass is 19.3. The first-order valence-corrected chi connectivity index (χ1v) is 8.33. The number of hydrazone groups is 1. The lowest BCUT2D eigenvalue weighted by Crippen LogP contribution is -2.24. The van der Waals surface area contributed by atoms with Crippen LogP contribution in [-0.4, -0.2) is 39.1 Å². The first kappa shape index (κ1) is 20.9. The Hall–Kier alpha value is -3.36. The molecule has 2 aromatic rings. The second kappa shape index (κ2) is 10.7. The SMILES string of the molecule is CCOc1cccc(/C=N\NC(=O)COc2ccccc2OC)c1OC(F)F. The highest BCUT2D eigenvalue weighted by Crippen LogP contribution is 2.31. The van der Waals surface area contributed by atoms with E-state index in [1.165, 1.54) is 25.5 Å². The van der Waals surface area contributed by atoms with E-state index in [9.17, 15) is 13.6 Å². The number of ether oxygens (including phenoxy) is 4. The number of halogens is 2. The van der Waals surface area contributed by atoms with Gasteiger partial charge in [-0.05, 0) is 31.2 Å². The normalized spacial score (nSPS) is 10.8. The van der Waals surface area contributed by atoms with Gasteiger partial charge in [0.2, 0.25) is 0 Å². The first-order valence-electron chi connectivity index (χ1n) is 8.33. The van der Waals surface area contributed by atoms with Gasteiger partial charge in [-0.25, -0.2) is 5.43 Å². The van der Waals surface area contributed by atoms with Gasteiger partial charge in [-0.1, -0.05) is 18.2 Å². The van der Waals surface area contributed by atoms with Crippen LogP contribution in [0.4, 0.5) is 8.78 Å². The van der Waals surface area contributed by atoms with Gasteiger partial charge in [0, 0.05) is 5.56 Å². The molecular weight excluding hydrogens is 374 g/mol. The second-order valence-electron chi connectivity index (χ2n) is 5.22. The molecule has 0 aliphatic heterocycles. The minimum absolute atomic E-state index is 0.151. The van der Waals surface area contributed by atoms with E-state index in [1.807, 2.05) is 0 Å². The second-order valence-corrected chi connectivity index (χ2v) is 5.22. The molecule has 7 nitrogen and oxygen atoms in total. The van der Waals surface area contributed by atoms with Crippen molar-refractivity contribution in [2.75, 3.05) is 20.3 Å². The third-order valence-electron chi connectivity index (χ3n) is 3.34. The molecule has 0 aliphatic rings. The number of nitrogens with one attached hydrogen (secondary N) is 1. The molecule has 2 aromatic carbocycles. The molecule has 0 aromatic heterocycles. The largest absolute Gasteiger partial charge is 0.493 e. The smallest absolute Gasteiger partial charge is 0.387 e. The molecule has 0 aliphatic carbocycles. The van der Waals surface area contributed by atoms with E-state index in [4.69, 9.17) is 14.2 Å². The molecule has 0 unspecified atom stereocenters. The molecule has 1 N–H and O–H groups in total. The minimum Gasteiger partial charge on any atom is -0.493 e. The molecular formula is C19H20F2N2O5. The van der Waals surface area contributed by atoms with Gasteiger partial charge in [-0.3, -0.25) is 4.79 Å². The summed E-state index contributed by atoms with van der Waals surface area (Å²) >= 11 is 0. The van der Waals surface area contributed by atoms with Crippen molar-refractivity contribution in [2.45, 2.75) is 13.5 Å². The number of methoxy groups -OCH3 is 1. The number of amides is 1. The van der Waals surface area contributed by atoms with Crippen LogP contribution in [0.3, 0.4) is 0 Å². The number of para-hydroxylation sites is 3. The van der Waals surface area contributed by atoms with Gasteiger partial charge in [-0.2, -0.15) is 13.9 Å². The predicted octanol–water partition coefficient (Wildman–Crippen LogP) is 3.22. The number of nitrogens with zero attached hydrogens (tertiary/aromatic N) is 1. The summed E-state index contributed by atoms with van der Waals surface area (Å²) in [6, 6.07) is 11.5. The Kier molecular flexibility index (Phi) is 8.01. The van der Waals surface area contributed by atoms with E-state index in [0.717, 1.165) is 0 Å². The fraction of sp³-hybridized carbons (Fsp3) is 0.263. The van der Waals surface area contributed by atoms with E-state index >= 15 is 0 Å². The summed E-state index contributed by atoms with van der Waals surface area (Å²) in [4.78, 5) is 11.9. The maximum atomic E-state index is 12.7. The van der Waals surface area contributed by atoms with Gasteiger partial charge in [0.1, 0.15) is 0 Å². The Morgan fingerprint density at radius 3 is 2.50 bits per heavy atom. The number of rotatable bonds is 10. The lowest BCUT2D eigenvalue weighted by molar-refractivity contribution is -0.123. The standard InChI is InChI=1S/C19H20F2N2O5/c1-3-26-16-10-6-7-13(18(16)28-19(20)21)11-22-23-17(24)12-27-15-9-5-4-8-14(15)25-2/h4-11,19H,3,12H2,1-2H3,(H,23,24)/b22-11-. The Bertz CT molecular complexity index is 815. The van der Waals surface area contributed by atoms with E-state index in [0.29, 0.717) is 11.5 Å². The fourth-order valence-electron chi connectivity index (χ4n) is 2.21. The molecule has 0 spiro atoms. The molecule has 2 rings (SSSR count). The molecule has 0 saturated heterocycles. The van der Waals surface area contributed by atoms with Crippen LogP contribution in [0.15, 0.2) is 47.6 Å². The number of hydrogen-bond donors (Lipinski definition) is 1. The summed E-state index contributed by atoms with van der Waals surface area (Å²) in [7, 11) is 1.49. The van der Waals surface area contributed by atoms with Gasteiger partial charge in [0.25, 0.3) is 5.91 Å². The van der Waals surface area contributed by atoms with Crippen molar-refractivity contribution in [3.05, 3.63) is 48.0 Å². The van der Waals surface area contributed by atoms with Crippen LogP contribution in [0.25, 0.3) is 0 Å². The quantitative estimate of drug-likeness (QED) is 0.495. The molecule has 0 atom stereocenters. The third kappa shape index (κ3) is 6.11. The van der Waals surface area contributed by atoms with Crippen LogP contribution in [0.2, 0.25) is 0 Å². The van der Waals surface area contributed by atoms with Crippen LogP contribution >= 0.6 is 0 Å². The predicted molar refractivity (Wildman–Crippen MR) is 98.5 cm³/mol. The summed E-state index contributed by atoms with van der Waals surface area (Å²) in [5.74, 6) is 0.334. The lowest BCUT2D eigenvalue weighted by Gasteiger charge is -2.13. The first-order chi connectivity index (χ1) is 13.5. The van der Waals surface area contributed by atoms with Crippen LogP contribution in [0.1, 0.15) is 12.5 Å². The van der Waals surface area contributed by atoms with Crippen molar-refractivity contribution in [3.63, 3.8) is 0 Å². The van der Waals surface area contributed by atoms with Crippen molar-refractivity contribution in [1.82, 2.24) is 5.43 Å². The Balaban J connectivity index is 1.99. The number of alkyl halides is 2. The molecule has 28 heavy (non-hydrogen) atoms. The van der Waals surface area contributed by atoms with E-state index in [2.05, 4.69) is 15.3 Å². The lowest BCUT2D eigenvalue weighted by atomic mass is 10.2. The summed E-state index contributed by atoms with van der Waals surface area (Å²) in [6.07, 6.45) is 1.18. The maximum absolute atomic E-state index is 12.7. The molecule has 0 heterocycles. The van der Waals surface area contributed by atoms with E-state index < -0.39 is 12.5 Å². The van der Waals surface area contributed by atoms with Gasteiger partial charge in [0.05, 0.1) is 19.9 Å². The molecule has 0 saturated carbocycles. The summed E-state index contributed by atoms with van der Waals surface area (Å²) < 4.78 is 45.6. The average Bonchev–Trinajstić information content (AvgIpc) is 2.68. The zero-order valence-corrected chi connectivity index (χ0v) is 15.4. The molecule has 0 bridgehead atoms. The molecule has 9 heteroatoms. The highest BCUT2D eigenvalue weighted by Gasteiger charge is 2.15. The van der Waals surface area contributed by atoms with Crippen LogP contribution < -0.4 is 24.4 Å². The number of carbonyl (C=O) groups excluding carboxylic acids is 1. The fourth-order valence-corrected chi connectivity index (χ4v) is 2.21. The number of carbonyl (C=O) groups is 1. The monoisotopic (exact) mass is 394 g/mol. The minimum atomic E-state index is -3.03. The Morgan fingerprint density at radius 1 is 1.11 bits per heavy atom. The van der Waals surface area contributed by atoms with Crippen molar-refractivity contribution in [2.24, 2.45) is 5.10 Å².